The standard InChI is InChI=1S/C23H27NO5/c1-2-3-11-28-20-9-10-21-18(12-20)13-22(29-21)23(26)24-19(14-25)16-27-15-17-7-5-4-6-8-17/h4-10,12-13,19,25H,2-3,11,14-16H2,1H3,(H,24,26). The molecule has 0 aliphatic carbocycles. The van der Waals surface area contributed by atoms with Crippen LogP contribution in [0.15, 0.2) is 59.0 Å². The third kappa shape index (κ3) is 6.07. The Balaban J connectivity index is 1.55. The number of amides is 1. The molecule has 29 heavy (non-hydrogen) atoms. The molecular formula is C23H27NO5. The summed E-state index contributed by atoms with van der Waals surface area (Å²) >= 11 is 0. The van der Waals surface area contributed by atoms with Crippen molar-refractivity contribution in [2.45, 2.75) is 32.4 Å². The minimum atomic E-state index is -0.521. The molecule has 1 heterocycles. The highest BCUT2D eigenvalue weighted by atomic mass is 16.5. The lowest BCUT2D eigenvalue weighted by Gasteiger charge is -2.15. The zero-order valence-corrected chi connectivity index (χ0v) is 16.6. The van der Waals surface area contributed by atoms with Crippen LogP contribution in [0.3, 0.4) is 0 Å². The lowest BCUT2D eigenvalue weighted by atomic mass is 10.2. The molecule has 1 unspecified atom stereocenters. The number of carbonyl (C=O) groups is 1. The molecule has 154 valence electrons. The van der Waals surface area contributed by atoms with E-state index in [1.165, 1.54) is 0 Å². The first-order valence-corrected chi connectivity index (χ1v) is 9.89. The van der Waals surface area contributed by atoms with Crippen LogP contribution in [0, 0.1) is 0 Å². The Bertz CT molecular complexity index is 906. The van der Waals surface area contributed by atoms with Crippen LogP contribution < -0.4 is 10.1 Å². The van der Waals surface area contributed by atoms with Crippen LogP contribution in [-0.2, 0) is 11.3 Å². The molecular weight excluding hydrogens is 370 g/mol. The second kappa shape index (κ2) is 10.6. The maximum atomic E-state index is 12.5. The lowest BCUT2D eigenvalue weighted by molar-refractivity contribution is 0.0661. The van der Waals surface area contributed by atoms with E-state index in [1.54, 1.807) is 12.1 Å². The maximum absolute atomic E-state index is 12.5. The van der Waals surface area contributed by atoms with E-state index in [1.807, 2.05) is 42.5 Å². The van der Waals surface area contributed by atoms with Gasteiger partial charge in [0.1, 0.15) is 11.3 Å². The van der Waals surface area contributed by atoms with Gasteiger partial charge in [-0.15, -0.1) is 0 Å². The maximum Gasteiger partial charge on any atom is 0.287 e. The molecule has 2 N–H and O–H groups in total. The number of nitrogens with one attached hydrogen (secondary N) is 1. The number of fused-ring (bicyclic) bond motifs is 1. The summed E-state index contributed by atoms with van der Waals surface area (Å²) in [7, 11) is 0. The van der Waals surface area contributed by atoms with Crippen molar-refractivity contribution < 1.29 is 23.8 Å². The minimum Gasteiger partial charge on any atom is -0.494 e. The van der Waals surface area contributed by atoms with Gasteiger partial charge in [-0.3, -0.25) is 4.79 Å². The van der Waals surface area contributed by atoms with Crippen LogP contribution in [0.2, 0.25) is 0 Å². The second-order valence-electron chi connectivity index (χ2n) is 6.87. The second-order valence-corrected chi connectivity index (χ2v) is 6.87. The van der Waals surface area contributed by atoms with Crippen molar-refractivity contribution in [3.05, 3.63) is 65.9 Å². The van der Waals surface area contributed by atoms with Gasteiger partial charge in [0.05, 0.1) is 32.5 Å². The number of benzene rings is 2. The minimum absolute atomic E-state index is 0.187. The predicted octanol–water partition coefficient (Wildman–Crippen LogP) is 3.92. The molecule has 0 fully saturated rings. The summed E-state index contributed by atoms with van der Waals surface area (Å²) in [6.07, 6.45) is 2.06. The molecule has 1 atom stereocenters. The monoisotopic (exact) mass is 397 g/mol. The summed E-state index contributed by atoms with van der Waals surface area (Å²) in [5.41, 5.74) is 1.64. The van der Waals surface area contributed by atoms with Gasteiger partial charge >= 0.3 is 0 Å². The smallest absolute Gasteiger partial charge is 0.287 e. The van der Waals surface area contributed by atoms with Crippen LogP contribution in [0.4, 0.5) is 0 Å². The lowest BCUT2D eigenvalue weighted by Crippen LogP contribution is -2.40. The number of aliphatic hydroxyl groups excluding tert-OH is 1. The van der Waals surface area contributed by atoms with Crippen LogP contribution in [0.1, 0.15) is 35.9 Å². The van der Waals surface area contributed by atoms with Gasteiger partial charge in [0.25, 0.3) is 5.91 Å². The third-order valence-electron chi connectivity index (χ3n) is 4.46. The average molecular weight is 397 g/mol. The van der Waals surface area contributed by atoms with Crippen LogP contribution in [0.5, 0.6) is 5.75 Å². The Labute approximate surface area is 170 Å². The summed E-state index contributed by atoms with van der Waals surface area (Å²) in [6.45, 7) is 3.16. The Morgan fingerprint density at radius 3 is 2.76 bits per heavy atom. The van der Waals surface area contributed by atoms with Gasteiger partial charge in [0, 0.05) is 5.39 Å². The van der Waals surface area contributed by atoms with Crippen molar-refractivity contribution in [1.29, 1.82) is 0 Å². The predicted molar refractivity (Wildman–Crippen MR) is 111 cm³/mol. The zero-order valence-electron chi connectivity index (χ0n) is 16.6. The topological polar surface area (TPSA) is 80.9 Å². The molecule has 2 aromatic carbocycles. The summed E-state index contributed by atoms with van der Waals surface area (Å²) < 4.78 is 16.9. The van der Waals surface area contributed by atoms with Crippen molar-refractivity contribution in [3.8, 4) is 5.75 Å². The van der Waals surface area contributed by atoms with E-state index in [-0.39, 0.29) is 19.0 Å². The zero-order chi connectivity index (χ0) is 20.5. The molecule has 0 radical (unpaired) electrons. The molecule has 6 heteroatoms. The van der Waals surface area contributed by atoms with E-state index in [0.29, 0.717) is 18.8 Å². The van der Waals surface area contributed by atoms with Gasteiger partial charge in [-0.05, 0) is 36.2 Å². The fraction of sp³-hybridized carbons (Fsp3) is 0.348. The Hall–Kier alpha value is -2.83. The van der Waals surface area contributed by atoms with E-state index >= 15 is 0 Å². The molecule has 0 bridgehead atoms. The third-order valence-corrected chi connectivity index (χ3v) is 4.46. The van der Waals surface area contributed by atoms with E-state index in [4.69, 9.17) is 13.9 Å². The molecule has 0 saturated carbocycles. The molecule has 6 nitrogen and oxygen atoms in total. The van der Waals surface area contributed by atoms with Gasteiger partial charge in [-0.25, -0.2) is 0 Å². The van der Waals surface area contributed by atoms with E-state index in [2.05, 4.69) is 12.2 Å². The van der Waals surface area contributed by atoms with E-state index in [0.717, 1.165) is 29.5 Å². The van der Waals surface area contributed by atoms with Gasteiger partial charge < -0.3 is 24.3 Å². The summed E-state index contributed by atoms with van der Waals surface area (Å²) in [5.74, 6) is 0.547. The normalized spacial score (nSPS) is 12.1. The van der Waals surface area contributed by atoms with Crippen molar-refractivity contribution in [3.63, 3.8) is 0 Å². The van der Waals surface area contributed by atoms with E-state index in [9.17, 15) is 9.90 Å². The van der Waals surface area contributed by atoms with Crippen LogP contribution in [-0.4, -0.2) is 36.9 Å². The summed E-state index contributed by atoms with van der Waals surface area (Å²) in [5, 5.41) is 13.1. The van der Waals surface area contributed by atoms with Gasteiger partial charge in [0.15, 0.2) is 5.76 Å². The number of furan rings is 1. The number of ether oxygens (including phenoxy) is 2. The fourth-order valence-corrected chi connectivity index (χ4v) is 2.85. The van der Waals surface area contributed by atoms with Crippen molar-refractivity contribution >= 4 is 16.9 Å². The first-order valence-electron chi connectivity index (χ1n) is 9.89. The number of rotatable bonds is 11. The van der Waals surface area contributed by atoms with E-state index < -0.39 is 11.9 Å². The number of hydrogen-bond donors (Lipinski definition) is 2. The Morgan fingerprint density at radius 2 is 2.00 bits per heavy atom. The number of carbonyl (C=O) groups excluding carboxylic acids is 1. The molecule has 0 saturated heterocycles. The highest BCUT2D eigenvalue weighted by Crippen LogP contribution is 2.24. The largest absolute Gasteiger partial charge is 0.494 e. The molecule has 1 amide bonds. The first-order chi connectivity index (χ1) is 14.2. The highest BCUT2D eigenvalue weighted by molar-refractivity contribution is 5.96. The number of hydrogen-bond acceptors (Lipinski definition) is 5. The SMILES string of the molecule is CCCCOc1ccc2oc(C(=O)NC(CO)COCc3ccccc3)cc2c1. The molecule has 0 spiro atoms. The quantitative estimate of drug-likeness (QED) is 0.479. The average Bonchev–Trinajstić information content (AvgIpc) is 3.17. The molecule has 3 aromatic rings. The number of unbranched alkanes of at least 4 members (excludes halogenated alkanes) is 1. The van der Waals surface area contributed by atoms with Gasteiger partial charge in [-0.1, -0.05) is 43.7 Å². The van der Waals surface area contributed by atoms with Gasteiger partial charge in [-0.2, -0.15) is 0 Å². The fourth-order valence-electron chi connectivity index (χ4n) is 2.85. The molecule has 3 rings (SSSR count). The Kier molecular flexibility index (Phi) is 7.67. The molecule has 0 aliphatic heterocycles. The van der Waals surface area contributed by atoms with Crippen molar-refractivity contribution in [2.75, 3.05) is 19.8 Å². The molecule has 1 aromatic heterocycles. The van der Waals surface area contributed by atoms with Crippen molar-refractivity contribution in [2.24, 2.45) is 0 Å². The number of aliphatic hydroxyl groups is 1. The summed E-state index contributed by atoms with van der Waals surface area (Å²) in [6, 6.07) is 16.4. The highest BCUT2D eigenvalue weighted by Gasteiger charge is 2.17. The van der Waals surface area contributed by atoms with Crippen LogP contribution in [0.25, 0.3) is 11.0 Å². The Morgan fingerprint density at radius 1 is 1.17 bits per heavy atom. The van der Waals surface area contributed by atoms with Gasteiger partial charge in [0.2, 0.25) is 0 Å². The summed E-state index contributed by atoms with van der Waals surface area (Å²) in [4.78, 5) is 12.5. The van der Waals surface area contributed by atoms with Crippen molar-refractivity contribution in [1.82, 2.24) is 5.32 Å². The van der Waals surface area contributed by atoms with Crippen LogP contribution >= 0.6 is 0 Å². The molecule has 0 aliphatic rings. The first kappa shape index (κ1) is 20.9.